The third-order valence-corrected chi connectivity index (χ3v) is 1.94. The number of hydrazine groups is 1. The molecule has 0 unspecified atom stereocenters. The fraction of sp³-hybridized carbons (Fsp3) is 0.600. The van der Waals surface area contributed by atoms with Gasteiger partial charge in [-0.05, 0) is 26.3 Å². The van der Waals surface area contributed by atoms with Crippen LogP contribution < -0.4 is 16.6 Å². The predicted octanol–water partition coefficient (Wildman–Crippen LogP) is 0.0905. The Kier molecular flexibility index (Phi) is 5.35. The van der Waals surface area contributed by atoms with E-state index in [-0.39, 0.29) is 0 Å². The first-order valence-electron chi connectivity index (χ1n) is 5.47. The lowest BCUT2D eigenvalue weighted by atomic mass is 10.4. The standard InChI is InChI=1S/C10H20N6/c1-9(2)14-10(15-11)12-5-3-7-16-8-4-6-13-16/h4,6,8-9H,3,5,7,11H2,1-2H3,(H2,12,14,15). The molecule has 0 aliphatic carbocycles. The molecule has 0 radical (unpaired) electrons. The van der Waals surface area contributed by atoms with E-state index in [1.165, 1.54) is 0 Å². The summed E-state index contributed by atoms with van der Waals surface area (Å²) in [6.07, 6.45) is 4.65. The van der Waals surface area contributed by atoms with Crippen LogP contribution in [-0.2, 0) is 6.54 Å². The minimum Gasteiger partial charge on any atom is -0.353 e. The maximum Gasteiger partial charge on any atom is 0.205 e. The number of hydrogen-bond donors (Lipinski definition) is 3. The predicted molar refractivity (Wildman–Crippen MR) is 64.7 cm³/mol. The summed E-state index contributed by atoms with van der Waals surface area (Å²) in [5, 5.41) is 7.23. The van der Waals surface area contributed by atoms with Gasteiger partial charge in [0, 0.05) is 31.5 Å². The van der Waals surface area contributed by atoms with Gasteiger partial charge in [-0.25, -0.2) is 5.84 Å². The molecule has 0 atom stereocenters. The first-order chi connectivity index (χ1) is 7.72. The average molecular weight is 224 g/mol. The molecule has 1 aromatic heterocycles. The normalized spacial score (nSPS) is 11.9. The summed E-state index contributed by atoms with van der Waals surface area (Å²) >= 11 is 0. The van der Waals surface area contributed by atoms with Crippen molar-refractivity contribution in [1.29, 1.82) is 0 Å². The number of hydrogen-bond acceptors (Lipinski definition) is 3. The van der Waals surface area contributed by atoms with E-state index in [2.05, 4.69) is 20.8 Å². The highest BCUT2D eigenvalue weighted by Gasteiger charge is 1.97. The molecule has 0 aliphatic heterocycles. The topological polar surface area (TPSA) is 80.3 Å². The Hall–Kier alpha value is -1.56. The Bertz CT molecular complexity index is 303. The molecular weight excluding hydrogens is 204 g/mol. The number of aromatic nitrogens is 2. The van der Waals surface area contributed by atoms with Crippen molar-refractivity contribution in [3.05, 3.63) is 18.5 Å². The van der Waals surface area contributed by atoms with E-state index in [0.717, 1.165) is 19.5 Å². The highest BCUT2D eigenvalue weighted by Crippen LogP contribution is 1.90. The maximum absolute atomic E-state index is 5.34. The van der Waals surface area contributed by atoms with Crippen molar-refractivity contribution in [2.75, 3.05) is 6.54 Å². The summed E-state index contributed by atoms with van der Waals surface area (Å²) in [6, 6.07) is 2.23. The number of rotatable bonds is 5. The molecule has 1 aromatic rings. The smallest absolute Gasteiger partial charge is 0.205 e. The van der Waals surface area contributed by atoms with Gasteiger partial charge in [0.1, 0.15) is 0 Å². The van der Waals surface area contributed by atoms with Crippen LogP contribution in [0.1, 0.15) is 20.3 Å². The summed E-state index contributed by atoms with van der Waals surface area (Å²) in [6.45, 7) is 5.67. The molecule has 0 amide bonds. The summed E-state index contributed by atoms with van der Waals surface area (Å²) in [7, 11) is 0. The highest BCUT2D eigenvalue weighted by molar-refractivity contribution is 5.79. The minimum absolute atomic E-state index is 0.320. The van der Waals surface area contributed by atoms with E-state index >= 15 is 0 Å². The van der Waals surface area contributed by atoms with Gasteiger partial charge < -0.3 is 5.32 Å². The summed E-state index contributed by atoms with van der Waals surface area (Å²) in [5.74, 6) is 5.97. The highest BCUT2D eigenvalue weighted by atomic mass is 15.3. The van der Waals surface area contributed by atoms with Crippen molar-refractivity contribution in [2.24, 2.45) is 10.8 Å². The van der Waals surface area contributed by atoms with Crippen molar-refractivity contribution < 1.29 is 0 Å². The number of nitrogens with two attached hydrogens (primary N) is 1. The van der Waals surface area contributed by atoms with Gasteiger partial charge in [0.05, 0.1) is 0 Å². The second-order valence-electron chi connectivity index (χ2n) is 3.80. The lowest BCUT2D eigenvalue weighted by molar-refractivity contribution is 0.583. The Labute approximate surface area is 95.9 Å². The quantitative estimate of drug-likeness (QED) is 0.218. The second kappa shape index (κ2) is 6.84. The first-order valence-corrected chi connectivity index (χ1v) is 5.47. The average Bonchev–Trinajstić information content (AvgIpc) is 2.74. The number of aliphatic imine (C=N–C) groups is 1. The van der Waals surface area contributed by atoms with Crippen LogP contribution >= 0.6 is 0 Å². The van der Waals surface area contributed by atoms with Crippen molar-refractivity contribution in [3.8, 4) is 0 Å². The van der Waals surface area contributed by atoms with E-state index < -0.39 is 0 Å². The molecule has 0 fully saturated rings. The molecule has 0 saturated heterocycles. The third kappa shape index (κ3) is 4.79. The molecule has 0 aliphatic rings. The molecule has 4 N–H and O–H groups in total. The number of guanidine groups is 1. The zero-order chi connectivity index (χ0) is 11.8. The number of nitrogens with zero attached hydrogens (tertiary/aromatic N) is 3. The van der Waals surface area contributed by atoms with Gasteiger partial charge >= 0.3 is 0 Å². The monoisotopic (exact) mass is 224 g/mol. The van der Waals surface area contributed by atoms with Crippen molar-refractivity contribution in [3.63, 3.8) is 0 Å². The van der Waals surface area contributed by atoms with E-state index in [1.807, 2.05) is 30.8 Å². The Morgan fingerprint density at radius 3 is 2.94 bits per heavy atom. The van der Waals surface area contributed by atoms with E-state index in [0.29, 0.717) is 12.0 Å². The maximum atomic E-state index is 5.34. The van der Waals surface area contributed by atoms with Gasteiger partial charge in [-0.15, -0.1) is 0 Å². The van der Waals surface area contributed by atoms with Crippen LogP contribution in [0.4, 0.5) is 0 Å². The van der Waals surface area contributed by atoms with Crippen molar-refractivity contribution >= 4 is 5.96 Å². The molecule has 0 saturated carbocycles. The van der Waals surface area contributed by atoms with Gasteiger partial charge in [-0.1, -0.05) is 0 Å². The van der Waals surface area contributed by atoms with E-state index in [4.69, 9.17) is 5.84 Å². The molecule has 6 nitrogen and oxygen atoms in total. The molecule has 16 heavy (non-hydrogen) atoms. The largest absolute Gasteiger partial charge is 0.353 e. The molecule has 0 spiro atoms. The van der Waals surface area contributed by atoms with Crippen molar-refractivity contribution in [2.45, 2.75) is 32.9 Å². The molecule has 6 heteroatoms. The fourth-order valence-electron chi connectivity index (χ4n) is 1.26. The van der Waals surface area contributed by atoms with Crippen LogP contribution in [0, 0.1) is 0 Å². The van der Waals surface area contributed by atoms with Gasteiger partial charge in [0.25, 0.3) is 0 Å². The molecule has 1 heterocycles. The molecule has 0 bridgehead atoms. The third-order valence-electron chi connectivity index (χ3n) is 1.94. The number of aryl methyl sites for hydroxylation is 1. The van der Waals surface area contributed by atoms with E-state index in [1.54, 1.807) is 6.20 Å². The zero-order valence-corrected chi connectivity index (χ0v) is 9.85. The first kappa shape index (κ1) is 12.5. The van der Waals surface area contributed by atoms with Gasteiger partial charge in [-0.3, -0.25) is 15.1 Å². The number of nitrogens with one attached hydrogen (secondary N) is 2. The fourth-order valence-corrected chi connectivity index (χ4v) is 1.26. The SMILES string of the molecule is CC(C)NC(=NCCCn1cccn1)NN. The second-order valence-corrected chi connectivity index (χ2v) is 3.80. The van der Waals surface area contributed by atoms with Crippen molar-refractivity contribution in [1.82, 2.24) is 20.5 Å². The van der Waals surface area contributed by atoms with Crippen LogP contribution in [0.25, 0.3) is 0 Å². The molecule has 1 rings (SSSR count). The Balaban J connectivity index is 2.23. The summed E-state index contributed by atoms with van der Waals surface area (Å²) < 4.78 is 1.89. The van der Waals surface area contributed by atoms with Gasteiger partial charge in [-0.2, -0.15) is 5.10 Å². The Morgan fingerprint density at radius 1 is 1.56 bits per heavy atom. The van der Waals surface area contributed by atoms with Crippen LogP contribution in [0.2, 0.25) is 0 Å². The van der Waals surface area contributed by atoms with E-state index in [9.17, 15) is 0 Å². The van der Waals surface area contributed by atoms with Crippen LogP contribution in [0.3, 0.4) is 0 Å². The van der Waals surface area contributed by atoms with Crippen LogP contribution in [0.5, 0.6) is 0 Å². The molecule has 0 aromatic carbocycles. The lowest BCUT2D eigenvalue weighted by Gasteiger charge is -2.11. The zero-order valence-electron chi connectivity index (χ0n) is 9.85. The minimum atomic E-state index is 0.320. The summed E-state index contributed by atoms with van der Waals surface area (Å²) in [4.78, 5) is 4.31. The molecule has 90 valence electrons. The van der Waals surface area contributed by atoms with Crippen LogP contribution in [-0.4, -0.2) is 28.3 Å². The lowest BCUT2D eigenvalue weighted by Crippen LogP contribution is -2.44. The van der Waals surface area contributed by atoms with Crippen LogP contribution in [0.15, 0.2) is 23.5 Å². The van der Waals surface area contributed by atoms with Gasteiger partial charge in [0.15, 0.2) is 0 Å². The summed E-state index contributed by atoms with van der Waals surface area (Å²) in [5.41, 5.74) is 2.54. The molecular formula is C10H20N6. The van der Waals surface area contributed by atoms with Gasteiger partial charge in [0.2, 0.25) is 5.96 Å². The Morgan fingerprint density at radius 2 is 2.38 bits per heavy atom.